The van der Waals surface area contributed by atoms with Crippen LogP contribution in [0.1, 0.15) is 23.2 Å². The van der Waals surface area contributed by atoms with Gasteiger partial charge in [-0.05, 0) is 31.0 Å². The van der Waals surface area contributed by atoms with Gasteiger partial charge < -0.3 is 20.1 Å². The van der Waals surface area contributed by atoms with Crippen molar-refractivity contribution in [1.82, 2.24) is 4.90 Å². The molecule has 20 heavy (non-hydrogen) atoms. The largest absolute Gasteiger partial charge is 0.482 e. The van der Waals surface area contributed by atoms with Crippen LogP contribution < -0.4 is 10.1 Å². The molecule has 0 aliphatic carbocycles. The second kappa shape index (κ2) is 5.13. The highest BCUT2D eigenvalue weighted by Crippen LogP contribution is 2.29. The Morgan fingerprint density at radius 1 is 1.45 bits per heavy atom. The van der Waals surface area contributed by atoms with Crippen molar-refractivity contribution in [3.63, 3.8) is 0 Å². The van der Waals surface area contributed by atoms with Gasteiger partial charge in [0.05, 0.1) is 11.8 Å². The van der Waals surface area contributed by atoms with E-state index in [0.717, 1.165) is 12.8 Å². The van der Waals surface area contributed by atoms with E-state index in [0.29, 0.717) is 30.1 Å². The summed E-state index contributed by atoms with van der Waals surface area (Å²) in [5, 5.41) is 12.3. The minimum absolute atomic E-state index is 0.00138. The highest BCUT2D eigenvalue weighted by atomic mass is 16.5. The minimum atomic E-state index is -0.451. The number of ether oxygens (including phenoxy) is 1. The molecule has 2 aliphatic heterocycles. The molecule has 1 fully saturated rings. The van der Waals surface area contributed by atoms with Gasteiger partial charge in [-0.3, -0.25) is 9.59 Å². The van der Waals surface area contributed by atoms with Crippen LogP contribution in [0.25, 0.3) is 0 Å². The van der Waals surface area contributed by atoms with E-state index in [-0.39, 0.29) is 18.4 Å². The molecule has 6 nitrogen and oxygen atoms in total. The number of carbonyl (C=O) groups excluding carboxylic acids is 2. The van der Waals surface area contributed by atoms with Crippen molar-refractivity contribution in [1.29, 1.82) is 0 Å². The Bertz CT molecular complexity index is 558. The number of aliphatic hydroxyl groups excluding tert-OH is 1. The lowest BCUT2D eigenvalue weighted by molar-refractivity contribution is -0.118. The Morgan fingerprint density at radius 2 is 2.30 bits per heavy atom. The lowest BCUT2D eigenvalue weighted by atomic mass is 10.1. The highest BCUT2D eigenvalue weighted by molar-refractivity contribution is 5.99. The van der Waals surface area contributed by atoms with Crippen LogP contribution in [0.5, 0.6) is 5.75 Å². The Balaban J connectivity index is 1.81. The predicted molar refractivity (Wildman–Crippen MR) is 71.7 cm³/mol. The molecule has 2 N–H and O–H groups in total. The summed E-state index contributed by atoms with van der Waals surface area (Å²) in [5.74, 6) is 0.210. The number of nitrogens with one attached hydrogen (secondary N) is 1. The van der Waals surface area contributed by atoms with E-state index in [1.165, 1.54) is 0 Å². The van der Waals surface area contributed by atoms with Crippen molar-refractivity contribution in [2.45, 2.75) is 18.9 Å². The van der Waals surface area contributed by atoms with Gasteiger partial charge in [-0.2, -0.15) is 0 Å². The average Bonchev–Trinajstić information content (AvgIpc) is 2.45. The van der Waals surface area contributed by atoms with Crippen molar-refractivity contribution >= 4 is 17.5 Å². The molecule has 3 rings (SSSR count). The van der Waals surface area contributed by atoms with Crippen LogP contribution in [-0.4, -0.2) is 47.6 Å². The number of amides is 2. The molecule has 0 saturated carbocycles. The Kier molecular flexibility index (Phi) is 3.31. The number of likely N-dealkylation sites (tertiary alicyclic amines) is 1. The summed E-state index contributed by atoms with van der Waals surface area (Å²) >= 11 is 0. The van der Waals surface area contributed by atoms with E-state index in [1.54, 1.807) is 23.1 Å². The lowest BCUT2D eigenvalue weighted by Gasteiger charge is -2.30. The van der Waals surface area contributed by atoms with Crippen molar-refractivity contribution in [2.75, 3.05) is 25.0 Å². The fraction of sp³-hybridized carbons (Fsp3) is 0.429. The first kappa shape index (κ1) is 12.9. The zero-order valence-electron chi connectivity index (χ0n) is 11.0. The number of fused-ring (bicyclic) bond motifs is 1. The maximum Gasteiger partial charge on any atom is 0.262 e. The summed E-state index contributed by atoms with van der Waals surface area (Å²) in [4.78, 5) is 25.3. The van der Waals surface area contributed by atoms with Gasteiger partial charge in [-0.15, -0.1) is 0 Å². The molecule has 1 aromatic carbocycles. The summed E-state index contributed by atoms with van der Waals surface area (Å²) in [6, 6.07) is 4.98. The molecular formula is C14H16N2O4. The van der Waals surface area contributed by atoms with Gasteiger partial charge in [-0.25, -0.2) is 0 Å². The number of β-amino-alcohol motifs (C(OH)–C–C–N with tert-alkyl or cyclic N) is 1. The first-order valence-corrected chi connectivity index (χ1v) is 6.67. The quantitative estimate of drug-likeness (QED) is 0.788. The number of carbonyl (C=O) groups is 2. The summed E-state index contributed by atoms with van der Waals surface area (Å²) in [6.45, 7) is 1.01. The fourth-order valence-corrected chi connectivity index (χ4v) is 2.54. The normalized spacial score (nSPS) is 21.8. The number of anilines is 1. The lowest BCUT2D eigenvalue weighted by Crippen LogP contribution is -2.42. The zero-order valence-corrected chi connectivity index (χ0v) is 11.0. The third-order valence-electron chi connectivity index (χ3n) is 3.54. The Morgan fingerprint density at radius 3 is 3.10 bits per heavy atom. The highest BCUT2D eigenvalue weighted by Gasteiger charge is 2.24. The number of hydrogen-bond donors (Lipinski definition) is 2. The van der Waals surface area contributed by atoms with Crippen molar-refractivity contribution in [3.05, 3.63) is 23.8 Å². The summed E-state index contributed by atoms with van der Waals surface area (Å²) < 4.78 is 5.26. The van der Waals surface area contributed by atoms with Crippen LogP contribution in [0.2, 0.25) is 0 Å². The van der Waals surface area contributed by atoms with Crippen LogP contribution in [0.3, 0.4) is 0 Å². The predicted octanol–water partition coefficient (Wildman–Crippen LogP) is 0.614. The van der Waals surface area contributed by atoms with Crippen LogP contribution in [-0.2, 0) is 4.79 Å². The van der Waals surface area contributed by atoms with E-state index >= 15 is 0 Å². The molecule has 2 amide bonds. The molecule has 1 saturated heterocycles. The maximum atomic E-state index is 12.4. The third-order valence-corrected chi connectivity index (χ3v) is 3.54. The van der Waals surface area contributed by atoms with Gasteiger partial charge in [0, 0.05) is 18.7 Å². The van der Waals surface area contributed by atoms with E-state index in [2.05, 4.69) is 5.32 Å². The Hall–Kier alpha value is -2.08. The molecule has 1 atom stereocenters. The second-order valence-corrected chi connectivity index (χ2v) is 5.10. The first-order chi connectivity index (χ1) is 9.63. The molecule has 6 heteroatoms. The van der Waals surface area contributed by atoms with E-state index in [1.807, 2.05) is 0 Å². The second-order valence-electron chi connectivity index (χ2n) is 5.10. The van der Waals surface area contributed by atoms with Gasteiger partial charge in [0.25, 0.3) is 11.8 Å². The molecule has 2 heterocycles. The van der Waals surface area contributed by atoms with Crippen molar-refractivity contribution in [3.8, 4) is 5.75 Å². The number of aliphatic hydroxyl groups is 1. The molecular weight excluding hydrogens is 260 g/mol. The van der Waals surface area contributed by atoms with Gasteiger partial charge >= 0.3 is 0 Å². The molecule has 106 valence electrons. The molecule has 0 aromatic heterocycles. The molecule has 1 unspecified atom stereocenters. The molecule has 0 radical (unpaired) electrons. The van der Waals surface area contributed by atoms with E-state index in [9.17, 15) is 14.7 Å². The number of rotatable bonds is 1. The number of nitrogens with zero attached hydrogens (tertiary/aromatic N) is 1. The standard InChI is InChI=1S/C14H16N2O4/c17-10-2-1-5-16(7-10)14(19)9-3-4-12-11(6-9)15-13(18)8-20-12/h3-4,6,10,17H,1-2,5,7-8H2,(H,15,18). The summed E-state index contributed by atoms with van der Waals surface area (Å²) in [5.41, 5.74) is 1.01. The third kappa shape index (κ3) is 2.46. The van der Waals surface area contributed by atoms with Crippen LogP contribution >= 0.6 is 0 Å². The van der Waals surface area contributed by atoms with Crippen LogP contribution in [0, 0.1) is 0 Å². The van der Waals surface area contributed by atoms with E-state index < -0.39 is 6.10 Å². The molecule has 2 aliphatic rings. The monoisotopic (exact) mass is 276 g/mol. The topological polar surface area (TPSA) is 78.9 Å². The van der Waals surface area contributed by atoms with Crippen LogP contribution in [0.15, 0.2) is 18.2 Å². The summed E-state index contributed by atoms with van der Waals surface area (Å²) in [7, 11) is 0. The first-order valence-electron chi connectivity index (χ1n) is 6.67. The smallest absolute Gasteiger partial charge is 0.262 e. The van der Waals surface area contributed by atoms with E-state index in [4.69, 9.17) is 4.74 Å². The van der Waals surface area contributed by atoms with Crippen molar-refractivity contribution < 1.29 is 19.4 Å². The minimum Gasteiger partial charge on any atom is -0.482 e. The van der Waals surface area contributed by atoms with Gasteiger partial charge in [0.15, 0.2) is 6.61 Å². The average molecular weight is 276 g/mol. The summed E-state index contributed by atoms with van der Waals surface area (Å²) in [6.07, 6.45) is 1.09. The Labute approximate surface area is 116 Å². The molecule has 0 spiro atoms. The number of benzene rings is 1. The maximum absolute atomic E-state index is 12.4. The van der Waals surface area contributed by atoms with Crippen LogP contribution in [0.4, 0.5) is 5.69 Å². The number of piperidine rings is 1. The zero-order chi connectivity index (χ0) is 14.1. The fourth-order valence-electron chi connectivity index (χ4n) is 2.54. The van der Waals surface area contributed by atoms with Gasteiger partial charge in [0.2, 0.25) is 0 Å². The molecule has 1 aromatic rings. The van der Waals surface area contributed by atoms with Crippen molar-refractivity contribution in [2.24, 2.45) is 0 Å². The molecule has 0 bridgehead atoms. The number of hydrogen-bond acceptors (Lipinski definition) is 4. The SMILES string of the molecule is O=C1COc2ccc(C(=O)N3CCCC(O)C3)cc2N1. The van der Waals surface area contributed by atoms with Gasteiger partial charge in [0.1, 0.15) is 5.75 Å². The van der Waals surface area contributed by atoms with Gasteiger partial charge in [-0.1, -0.05) is 0 Å².